The summed E-state index contributed by atoms with van der Waals surface area (Å²) in [5, 5.41) is 0. The molecule has 1 aromatic carbocycles. The van der Waals surface area contributed by atoms with Crippen molar-refractivity contribution in [1.29, 1.82) is 0 Å². The molecular formula is C11H22N2O. The van der Waals surface area contributed by atoms with Crippen LogP contribution in [-0.4, -0.2) is 5.48 Å². The van der Waals surface area contributed by atoms with Gasteiger partial charge in [0, 0.05) is 0 Å². The van der Waals surface area contributed by atoms with E-state index >= 15 is 0 Å². The third kappa shape index (κ3) is 7.43. The van der Waals surface area contributed by atoms with Crippen molar-refractivity contribution in [3.8, 4) is 0 Å². The topological polar surface area (TPSA) is 83.5 Å². The highest BCUT2D eigenvalue weighted by Gasteiger charge is 1.85. The monoisotopic (exact) mass is 198 g/mol. The van der Waals surface area contributed by atoms with Gasteiger partial charge in [0.2, 0.25) is 0 Å². The molecule has 0 fully saturated rings. The Kier molecular flexibility index (Phi) is 10.8. The van der Waals surface area contributed by atoms with Crippen LogP contribution in [0.4, 0.5) is 11.4 Å². The van der Waals surface area contributed by atoms with Crippen LogP contribution in [0.25, 0.3) is 0 Å². The SMILES string of the molecule is CCCCC.Nc1ccccc1N.O. The Morgan fingerprint density at radius 3 is 1.43 bits per heavy atom. The molecule has 1 aromatic rings. The number of hydrogen-bond donors (Lipinski definition) is 2. The van der Waals surface area contributed by atoms with Gasteiger partial charge in [0.05, 0.1) is 11.4 Å². The van der Waals surface area contributed by atoms with Crippen LogP contribution in [-0.2, 0) is 0 Å². The molecule has 0 aromatic heterocycles. The second-order valence-corrected chi connectivity index (χ2v) is 2.98. The second-order valence-electron chi connectivity index (χ2n) is 2.98. The summed E-state index contributed by atoms with van der Waals surface area (Å²) in [6.07, 6.45) is 4.08. The first-order valence-corrected chi connectivity index (χ1v) is 4.82. The molecular weight excluding hydrogens is 176 g/mol. The minimum atomic E-state index is 0. The van der Waals surface area contributed by atoms with Crippen molar-refractivity contribution in [2.24, 2.45) is 0 Å². The maximum atomic E-state index is 5.39. The molecule has 0 saturated heterocycles. The molecule has 3 heteroatoms. The molecule has 82 valence electrons. The summed E-state index contributed by atoms with van der Waals surface area (Å²) in [5.41, 5.74) is 12.1. The molecule has 0 aliphatic heterocycles. The molecule has 0 amide bonds. The van der Waals surface area contributed by atoms with Crippen LogP contribution < -0.4 is 11.5 Å². The highest BCUT2D eigenvalue weighted by Crippen LogP contribution is 2.10. The summed E-state index contributed by atoms with van der Waals surface area (Å²) in [6.45, 7) is 4.42. The first-order valence-electron chi connectivity index (χ1n) is 4.82. The number of nitrogens with two attached hydrogens (primary N) is 2. The van der Waals surface area contributed by atoms with Crippen molar-refractivity contribution < 1.29 is 5.48 Å². The van der Waals surface area contributed by atoms with Crippen molar-refractivity contribution >= 4 is 11.4 Å². The Balaban J connectivity index is 0. The molecule has 0 bridgehead atoms. The molecule has 14 heavy (non-hydrogen) atoms. The Labute approximate surface area is 86.4 Å². The average Bonchev–Trinajstić information content (AvgIpc) is 2.13. The van der Waals surface area contributed by atoms with Crippen molar-refractivity contribution in [3.05, 3.63) is 24.3 Å². The summed E-state index contributed by atoms with van der Waals surface area (Å²) in [7, 11) is 0. The van der Waals surface area contributed by atoms with Crippen LogP contribution in [0.2, 0.25) is 0 Å². The van der Waals surface area contributed by atoms with Crippen LogP contribution in [0.5, 0.6) is 0 Å². The van der Waals surface area contributed by atoms with E-state index in [0.717, 1.165) is 0 Å². The van der Waals surface area contributed by atoms with E-state index in [0.29, 0.717) is 11.4 Å². The predicted octanol–water partition coefficient (Wildman–Crippen LogP) is 2.22. The fourth-order valence-corrected chi connectivity index (χ4v) is 0.864. The number of hydrogen-bond acceptors (Lipinski definition) is 2. The Bertz CT molecular complexity index is 203. The van der Waals surface area contributed by atoms with E-state index in [1.807, 2.05) is 12.1 Å². The van der Waals surface area contributed by atoms with Gasteiger partial charge in [-0.25, -0.2) is 0 Å². The molecule has 0 aliphatic carbocycles. The molecule has 6 N–H and O–H groups in total. The zero-order valence-corrected chi connectivity index (χ0v) is 9.09. The summed E-state index contributed by atoms with van der Waals surface area (Å²) in [4.78, 5) is 0. The van der Waals surface area contributed by atoms with Gasteiger partial charge in [-0.2, -0.15) is 0 Å². The van der Waals surface area contributed by atoms with Crippen molar-refractivity contribution in [3.63, 3.8) is 0 Å². The average molecular weight is 198 g/mol. The maximum absolute atomic E-state index is 5.39. The molecule has 0 radical (unpaired) electrons. The minimum absolute atomic E-state index is 0. The number of para-hydroxylation sites is 2. The highest BCUT2D eigenvalue weighted by molar-refractivity contribution is 5.62. The summed E-state index contributed by atoms with van der Waals surface area (Å²) in [6, 6.07) is 7.25. The largest absolute Gasteiger partial charge is 0.412 e. The van der Waals surface area contributed by atoms with E-state index < -0.39 is 0 Å². The van der Waals surface area contributed by atoms with Crippen LogP contribution in [0, 0.1) is 0 Å². The van der Waals surface area contributed by atoms with E-state index in [1.165, 1.54) is 19.3 Å². The number of nitrogen functional groups attached to an aromatic ring is 2. The van der Waals surface area contributed by atoms with Crippen LogP contribution in [0.3, 0.4) is 0 Å². The van der Waals surface area contributed by atoms with Gasteiger partial charge in [-0.15, -0.1) is 0 Å². The van der Waals surface area contributed by atoms with Gasteiger partial charge in [-0.1, -0.05) is 45.2 Å². The fourth-order valence-electron chi connectivity index (χ4n) is 0.864. The Morgan fingerprint density at radius 1 is 0.929 bits per heavy atom. The number of unbranched alkanes of at least 4 members (excludes halogenated alkanes) is 2. The quantitative estimate of drug-likeness (QED) is 0.714. The molecule has 0 heterocycles. The molecule has 0 atom stereocenters. The Hall–Kier alpha value is -1.22. The lowest BCUT2D eigenvalue weighted by Gasteiger charge is -1.94. The van der Waals surface area contributed by atoms with Gasteiger partial charge < -0.3 is 16.9 Å². The van der Waals surface area contributed by atoms with Crippen LogP contribution in [0.1, 0.15) is 33.1 Å². The minimum Gasteiger partial charge on any atom is -0.412 e. The van der Waals surface area contributed by atoms with E-state index in [2.05, 4.69) is 13.8 Å². The van der Waals surface area contributed by atoms with Gasteiger partial charge in [0.15, 0.2) is 0 Å². The van der Waals surface area contributed by atoms with Crippen molar-refractivity contribution in [2.75, 3.05) is 11.5 Å². The first-order chi connectivity index (χ1) is 6.22. The standard InChI is InChI=1S/C6H8N2.C5H12.H2O/c7-5-3-1-2-4-6(5)8;1-3-5-4-2;/h1-4H,7-8H2;3-5H2,1-2H3;1H2. The lowest BCUT2D eigenvalue weighted by molar-refractivity contribution is 0.772. The normalized spacial score (nSPS) is 8.14. The van der Waals surface area contributed by atoms with Crippen molar-refractivity contribution in [2.45, 2.75) is 33.1 Å². The molecule has 0 saturated carbocycles. The number of anilines is 2. The predicted molar refractivity (Wildman–Crippen MR) is 64.1 cm³/mol. The molecule has 0 spiro atoms. The highest BCUT2D eigenvalue weighted by atomic mass is 16.0. The zero-order chi connectivity index (χ0) is 10.1. The molecule has 0 unspecified atom stereocenters. The fraction of sp³-hybridized carbons (Fsp3) is 0.455. The number of rotatable bonds is 2. The maximum Gasteiger partial charge on any atom is 0.0547 e. The summed E-state index contributed by atoms with van der Waals surface area (Å²) < 4.78 is 0. The van der Waals surface area contributed by atoms with Crippen molar-refractivity contribution in [1.82, 2.24) is 0 Å². The smallest absolute Gasteiger partial charge is 0.0547 e. The third-order valence-electron chi connectivity index (χ3n) is 1.70. The van der Waals surface area contributed by atoms with E-state index in [4.69, 9.17) is 11.5 Å². The number of benzene rings is 1. The van der Waals surface area contributed by atoms with Crippen LogP contribution >= 0.6 is 0 Å². The van der Waals surface area contributed by atoms with Gasteiger partial charge in [-0.05, 0) is 12.1 Å². The molecule has 3 nitrogen and oxygen atoms in total. The van der Waals surface area contributed by atoms with Gasteiger partial charge in [0.1, 0.15) is 0 Å². The summed E-state index contributed by atoms with van der Waals surface area (Å²) >= 11 is 0. The first kappa shape index (κ1) is 15.3. The van der Waals surface area contributed by atoms with E-state index in [-0.39, 0.29) is 5.48 Å². The lowest BCUT2D eigenvalue weighted by Crippen LogP contribution is -1.91. The molecule has 1 rings (SSSR count). The van der Waals surface area contributed by atoms with E-state index in [1.54, 1.807) is 12.1 Å². The second kappa shape index (κ2) is 9.86. The summed E-state index contributed by atoms with van der Waals surface area (Å²) in [5.74, 6) is 0. The third-order valence-corrected chi connectivity index (χ3v) is 1.70. The van der Waals surface area contributed by atoms with Gasteiger partial charge >= 0.3 is 0 Å². The zero-order valence-electron chi connectivity index (χ0n) is 9.09. The lowest BCUT2D eigenvalue weighted by atomic mass is 10.3. The Morgan fingerprint density at radius 2 is 1.29 bits per heavy atom. The van der Waals surface area contributed by atoms with Gasteiger partial charge in [0.25, 0.3) is 0 Å². The van der Waals surface area contributed by atoms with Crippen LogP contribution in [0.15, 0.2) is 24.3 Å². The molecule has 0 aliphatic rings. The van der Waals surface area contributed by atoms with Gasteiger partial charge in [-0.3, -0.25) is 0 Å². The van der Waals surface area contributed by atoms with E-state index in [9.17, 15) is 0 Å².